The van der Waals surface area contributed by atoms with Crippen molar-refractivity contribution in [3.8, 4) is 0 Å². The van der Waals surface area contributed by atoms with Crippen molar-refractivity contribution in [3.05, 3.63) is 46.7 Å². The molecule has 3 aromatic heterocycles. The van der Waals surface area contributed by atoms with E-state index in [9.17, 15) is 4.79 Å². The first kappa shape index (κ1) is 19.4. The highest BCUT2D eigenvalue weighted by Gasteiger charge is 2.28. The molecule has 0 spiro atoms. The number of aromatic nitrogens is 5. The van der Waals surface area contributed by atoms with E-state index in [0.717, 1.165) is 30.7 Å². The minimum Gasteiger partial charge on any atom is -0.361 e. The van der Waals surface area contributed by atoms with Gasteiger partial charge < -0.3 is 9.84 Å². The molecule has 154 valence electrons. The second-order valence-corrected chi connectivity index (χ2v) is 8.41. The predicted molar refractivity (Wildman–Crippen MR) is 109 cm³/mol. The van der Waals surface area contributed by atoms with E-state index in [1.165, 1.54) is 17.7 Å². The number of hydrogen-bond acceptors (Lipinski definition) is 5. The molecule has 1 saturated carbocycles. The van der Waals surface area contributed by atoms with Gasteiger partial charge in [0, 0.05) is 29.4 Å². The van der Waals surface area contributed by atoms with Crippen molar-refractivity contribution >= 4 is 11.7 Å². The Morgan fingerprint density at radius 1 is 1.31 bits per heavy atom. The van der Waals surface area contributed by atoms with Gasteiger partial charge in [-0.15, -0.1) is 0 Å². The lowest BCUT2D eigenvalue weighted by atomic mass is 9.94. The van der Waals surface area contributed by atoms with E-state index in [-0.39, 0.29) is 12.3 Å². The lowest BCUT2D eigenvalue weighted by Gasteiger charge is -2.12. The summed E-state index contributed by atoms with van der Waals surface area (Å²) in [5.41, 5.74) is 4.45. The number of amides is 1. The average Bonchev–Trinajstić information content (AvgIpc) is 3.43. The van der Waals surface area contributed by atoms with Gasteiger partial charge in [-0.3, -0.25) is 15.0 Å². The first-order valence-electron chi connectivity index (χ1n) is 10.3. The molecule has 1 aliphatic carbocycles. The third-order valence-corrected chi connectivity index (χ3v) is 5.70. The molecular weight excluding hydrogens is 368 g/mol. The van der Waals surface area contributed by atoms with Gasteiger partial charge in [0.05, 0.1) is 18.3 Å². The fraction of sp³-hybridized carbons (Fsp3) is 0.524. The van der Waals surface area contributed by atoms with Gasteiger partial charge in [-0.2, -0.15) is 10.2 Å². The van der Waals surface area contributed by atoms with Crippen LogP contribution in [0.1, 0.15) is 73.4 Å². The minimum absolute atomic E-state index is 0.150. The number of rotatable bonds is 7. The first-order chi connectivity index (χ1) is 14.0. The zero-order chi connectivity index (χ0) is 20.4. The summed E-state index contributed by atoms with van der Waals surface area (Å²) in [7, 11) is 0. The molecule has 3 heterocycles. The van der Waals surface area contributed by atoms with E-state index in [2.05, 4.69) is 44.7 Å². The molecule has 0 saturated heterocycles. The van der Waals surface area contributed by atoms with Crippen molar-refractivity contribution in [3.63, 3.8) is 0 Å². The monoisotopic (exact) mass is 396 g/mol. The maximum atomic E-state index is 12.2. The topological polar surface area (TPSA) is 112 Å². The summed E-state index contributed by atoms with van der Waals surface area (Å²) in [6.45, 7) is 6.22. The van der Waals surface area contributed by atoms with Crippen LogP contribution in [0.3, 0.4) is 0 Å². The number of nitrogens with zero attached hydrogens (tertiary/aromatic N) is 3. The van der Waals surface area contributed by atoms with Crippen LogP contribution in [0.2, 0.25) is 0 Å². The second kappa shape index (κ2) is 8.23. The maximum Gasteiger partial charge on any atom is 0.233 e. The molecule has 29 heavy (non-hydrogen) atoms. The number of aryl methyl sites for hydroxylation is 1. The van der Waals surface area contributed by atoms with Gasteiger partial charge in [0.15, 0.2) is 5.82 Å². The van der Waals surface area contributed by atoms with Crippen LogP contribution in [-0.2, 0) is 17.6 Å². The molecule has 0 radical (unpaired) electrons. The molecule has 2 atom stereocenters. The molecule has 0 unspecified atom stereocenters. The number of anilines is 1. The Kier molecular flexibility index (Phi) is 5.51. The highest BCUT2D eigenvalue weighted by atomic mass is 16.5. The number of H-pyrrole nitrogens is 2. The van der Waals surface area contributed by atoms with E-state index in [1.807, 2.05) is 19.2 Å². The van der Waals surface area contributed by atoms with E-state index in [1.54, 1.807) is 6.07 Å². The molecule has 3 aromatic rings. The van der Waals surface area contributed by atoms with Crippen molar-refractivity contribution in [1.29, 1.82) is 0 Å². The van der Waals surface area contributed by atoms with Crippen molar-refractivity contribution in [2.24, 2.45) is 5.92 Å². The number of carbonyl (C=O) groups excluding carboxylic acids is 1. The van der Waals surface area contributed by atoms with Crippen LogP contribution in [0.4, 0.5) is 5.82 Å². The Morgan fingerprint density at radius 2 is 2.17 bits per heavy atom. The van der Waals surface area contributed by atoms with Gasteiger partial charge in [-0.1, -0.05) is 19.0 Å². The Bertz CT molecular complexity index is 969. The molecule has 8 nitrogen and oxygen atoms in total. The Hall–Kier alpha value is -2.90. The Balaban J connectivity index is 1.31. The van der Waals surface area contributed by atoms with Gasteiger partial charge in [0.1, 0.15) is 5.76 Å². The van der Waals surface area contributed by atoms with Crippen molar-refractivity contribution in [2.45, 2.75) is 64.7 Å². The quantitative estimate of drug-likeness (QED) is 0.561. The molecule has 1 aliphatic rings. The number of aromatic amines is 2. The summed E-state index contributed by atoms with van der Waals surface area (Å²) in [6.07, 6.45) is 6.63. The standard InChI is InChI=1S/C21H28N6O2/c1-12(2)21-16(11-22-26-21)8-14-4-5-15(7-14)18-10-19(25-24-18)23-20(28)9-17-6-13(3)27-29-17/h6,10-12,14-15H,4-5,7-9H2,1-3H3,(H,22,26)(H2,23,24,25,28)/t14-,15+/m1/s1. The van der Waals surface area contributed by atoms with Crippen LogP contribution in [-0.4, -0.2) is 31.5 Å². The lowest BCUT2D eigenvalue weighted by Crippen LogP contribution is -2.14. The average molecular weight is 396 g/mol. The highest BCUT2D eigenvalue weighted by molar-refractivity contribution is 5.91. The van der Waals surface area contributed by atoms with Gasteiger partial charge >= 0.3 is 0 Å². The van der Waals surface area contributed by atoms with Crippen molar-refractivity contribution in [1.82, 2.24) is 25.6 Å². The number of carbonyl (C=O) groups is 1. The third-order valence-electron chi connectivity index (χ3n) is 5.70. The second-order valence-electron chi connectivity index (χ2n) is 8.41. The van der Waals surface area contributed by atoms with Crippen molar-refractivity contribution in [2.75, 3.05) is 5.32 Å². The van der Waals surface area contributed by atoms with Gasteiger partial charge in [0.25, 0.3) is 0 Å². The van der Waals surface area contributed by atoms with Crippen molar-refractivity contribution < 1.29 is 9.32 Å². The molecule has 0 bridgehead atoms. The zero-order valence-corrected chi connectivity index (χ0v) is 17.2. The first-order valence-corrected chi connectivity index (χ1v) is 10.3. The summed E-state index contributed by atoms with van der Waals surface area (Å²) in [4.78, 5) is 12.2. The third kappa shape index (κ3) is 4.58. The summed E-state index contributed by atoms with van der Waals surface area (Å²) < 4.78 is 5.09. The molecule has 0 aliphatic heterocycles. The number of hydrogen-bond donors (Lipinski definition) is 3. The molecular formula is C21H28N6O2. The summed E-state index contributed by atoms with van der Waals surface area (Å²) >= 11 is 0. The molecule has 4 rings (SSSR count). The van der Waals surface area contributed by atoms with Crippen LogP contribution in [0.25, 0.3) is 0 Å². The van der Waals surface area contributed by atoms with Gasteiger partial charge in [0.2, 0.25) is 5.91 Å². The smallest absolute Gasteiger partial charge is 0.233 e. The minimum atomic E-state index is -0.162. The molecule has 1 amide bonds. The van der Waals surface area contributed by atoms with Crippen LogP contribution in [0.15, 0.2) is 22.9 Å². The number of nitrogens with one attached hydrogen (secondary N) is 3. The zero-order valence-electron chi connectivity index (χ0n) is 17.2. The highest BCUT2D eigenvalue weighted by Crippen LogP contribution is 2.40. The Morgan fingerprint density at radius 3 is 2.93 bits per heavy atom. The van der Waals surface area contributed by atoms with E-state index in [0.29, 0.717) is 29.3 Å². The van der Waals surface area contributed by atoms with E-state index < -0.39 is 0 Å². The normalized spacial score (nSPS) is 19.2. The van der Waals surface area contributed by atoms with Gasteiger partial charge in [-0.25, -0.2) is 0 Å². The summed E-state index contributed by atoms with van der Waals surface area (Å²) in [6, 6.07) is 3.72. The molecule has 8 heteroatoms. The Labute approximate surface area is 169 Å². The van der Waals surface area contributed by atoms with E-state index in [4.69, 9.17) is 4.52 Å². The lowest BCUT2D eigenvalue weighted by molar-refractivity contribution is -0.115. The summed E-state index contributed by atoms with van der Waals surface area (Å²) in [5, 5.41) is 21.4. The van der Waals surface area contributed by atoms with Crippen LogP contribution >= 0.6 is 0 Å². The molecule has 3 N–H and O–H groups in total. The molecule has 1 fully saturated rings. The fourth-order valence-corrected chi connectivity index (χ4v) is 4.29. The SMILES string of the molecule is Cc1cc(CC(=O)Nc2cc([C@H]3CC[C@@H](Cc4cn[nH]c4C(C)C)C3)[nH]n2)on1. The van der Waals surface area contributed by atoms with Crippen LogP contribution < -0.4 is 5.32 Å². The van der Waals surface area contributed by atoms with Crippen LogP contribution in [0, 0.1) is 12.8 Å². The van der Waals surface area contributed by atoms with Crippen LogP contribution in [0.5, 0.6) is 0 Å². The van der Waals surface area contributed by atoms with Gasteiger partial charge in [-0.05, 0) is 50.0 Å². The summed E-state index contributed by atoms with van der Waals surface area (Å²) in [5.74, 6) is 2.50. The van der Waals surface area contributed by atoms with E-state index >= 15 is 0 Å². The molecule has 0 aromatic carbocycles. The predicted octanol–water partition coefficient (Wildman–Crippen LogP) is 3.86. The fourth-order valence-electron chi connectivity index (χ4n) is 4.29. The maximum absolute atomic E-state index is 12.2. The largest absolute Gasteiger partial charge is 0.361 e.